The number of rotatable bonds is 5. The first-order valence-corrected chi connectivity index (χ1v) is 7.69. The van der Waals surface area contributed by atoms with Gasteiger partial charge in [-0.05, 0) is 63.6 Å². The molecular weight excluding hydrogens is 230 g/mol. The van der Waals surface area contributed by atoms with E-state index in [2.05, 4.69) is 50.4 Å². The summed E-state index contributed by atoms with van der Waals surface area (Å²) in [6, 6.07) is 7.33. The van der Waals surface area contributed by atoms with Gasteiger partial charge in [0.25, 0.3) is 0 Å². The van der Waals surface area contributed by atoms with Crippen LogP contribution in [0.5, 0.6) is 0 Å². The molecule has 0 amide bonds. The molecule has 104 valence electrons. The minimum Gasteiger partial charge on any atom is -0.310 e. The molecule has 0 radical (unpaired) electrons. The fourth-order valence-electron chi connectivity index (χ4n) is 3.11. The normalized spacial score (nSPS) is 17.1. The number of hydrogen-bond donors (Lipinski definition) is 1. The number of hydrogen-bond acceptors (Lipinski definition) is 1. The molecule has 0 aromatic heterocycles. The van der Waals surface area contributed by atoms with Gasteiger partial charge >= 0.3 is 0 Å². The zero-order valence-corrected chi connectivity index (χ0v) is 12.6. The van der Waals surface area contributed by atoms with Gasteiger partial charge in [-0.25, -0.2) is 0 Å². The van der Waals surface area contributed by atoms with Gasteiger partial charge in [0.1, 0.15) is 0 Å². The lowest BCUT2D eigenvalue weighted by atomic mass is 9.89. The lowest BCUT2D eigenvalue weighted by Gasteiger charge is -2.23. The Kier molecular flexibility index (Phi) is 5.21. The summed E-state index contributed by atoms with van der Waals surface area (Å²) in [5.41, 5.74) is 5.90. The molecule has 1 aliphatic rings. The third-order valence-electron chi connectivity index (χ3n) is 4.10. The summed E-state index contributed by atoms with van der Waals surface area (Å²) in [4.78, 5) is 0. The van der Waals surface area contributed by atoms with Crippen LogP contribution >= 0.6 is 0 Å². The molecular formula is C18H27N. The molecule has 1 unspecified atom stereocenters. The van der Waals surface area contributed by atoms with Crippen molar-refractivity contribution in [3.05, 3.63) is 46.5 Å². The molecule has 1 nitrogen and oxygen atoms in total. The molecule has 0 bridgehead atoms. The zero-order chi connectivity index (χ0) is 13.7. The molecule has 2 rings (SSSR count). The van der Waals surface area contributed by atoms with E-state index in [1.807, 2.05) is 0 Å². The predicted molar refractivity (Wildman–Crippen MR) is 83.5 cm³/mol. The van der Waals surface area contributed by atoms with E-state index in [1.165, 1.54) is 48.8 Å². The van der Waals surface area contributed by atoms with E-state index >= 15 is 0 Å². The Morgan fingerprint density at radius 3 is 2.68 bits per heavy atom. The molecule has 1 heteroatoms. The highest BCUT2D eigenvalue weighted by Crippen LogP contribution is 2.29. The van der Waals surface area contributed by atoms with Crippen LogP contribution in [0.1, 0.15) is 61.8 Å². The van der Waals surface area contributed by atoms with Crippen molar-refractivity contribution in [2.45, 2.75) is 58.9 Å². The van der Waals surface area contributed by atoms with Gasteiger partial charge in [0.05, 0.1) is 0 Å². The molecule has 1 atom stereocenters. The van der Waals surface area contributed by atoms with Crippen LogP contribution in [0.25, 0.3) is 0 Å². The van der Waals surface area contributed by atoms with Crippen molar-refractivity contribution in [3.8, 4) is 0 Å². The van der Waals surface area contributed by atoms with Crippen molar-refractivity contribution in [3.63, 3.8) is 0 Å². The lowest BCUT2D eigenvalue weighted by Crippen LogP contribution is -2.22. The number of allylic oxidation sites excluding steroid dienone is 1. The Morgan fingerprint density at radius 1 is 1.21 bits per heavy atom. The maximum absolute atomic E-state index is 3.67. The Labute approximate surface area is 118 Å². The second-order valence-electron chi connectivity index (χ2n) is 5.78. The molecule has 19 heavy (non-hydrogen) atoms. The first-order valence-electron chi connectivity index (χ1n) is 7.69. The maximum atomic E-state index is 3.67. The topological polar surface area (TPSA) is 12.0 Å². The predicted octanol–water partition coefficient (Wildman–Crippen LogP) is 4.84. The SMILES string of the molecule is CCNC(CC1=CCCCC1)c1ccc(C)cc1C. The Hall–Kier alpha value is -1.08. The number of aryl methyl sites for hydroxylation is 2. The van der Waals surface area contributed by atoms with Crippen molar-refractivity contribution in [1.82, 2.24) is 5.32 Å². The van der Waals surface area contributed by atoms with Gasteiger partial charge in [0.2, 0.25) is 0 Å². The summed E-state index contributed by atoms with van der Waals surface area (Å²) in [7, 11) is 0. The average molecular weight is 257 g/mol. The van der Waals surface area contributed by atoms with Crippen molar-refractivity contribution < 1.29 is 0 Å². The minimum atomic E-state index is 0.481. The summed E-state index contributed by atoms with van der Waals surface area (Å²) in [6.45, 7) is 7.64. The van der Waals surface area contributed by atoms with Crippen LogP contribution in [0.4, 0.5) is 0 Å². The van der Waals surface area contributed by atoms with Crippen LogP contribution in [0, 0.1) is 13.8 Å². The van der Waals surface area contributed by atoms with E-state index in [4.69, 9.17) is 0 Å². The van der Waals surface area contributed by atoms with Gasteiger partial charge in [0.15, 0.2) is 0 Å². The molecule has 0 fully saturated rings. The lowest BCUT2D eigenvalue weighted by molar-refractivity contribution is 0.525. The van der Waals surface area contributed by atoms with Gasteiger partial charge in [-0.2, -0.15) is 0 Å². The second kappa shape index (κ2) is 6.91. The summed E-state index contributed by atoms with van der Waals surface area (Å²) < 4.78 is 0. The van der Waals surface area contributed by atoms with E-state index in [-0.39, 0.29) is 0 Å². The van der Waals surface area contributed by atoms with Crippen LogP contribution < -0.4 is 5.32 Å². The fourth-order valence-corrected chi connectivity index (χ4v) is 3.11. The van der Waals surface area contributed by atoms with Crippen LogP contribution in [-0.4, -0.2) is 6.54 Å². The van der Waals surface area contributed by atoms with Crippen molar-refractivity contribution in [2.75, 3.05) is 6.54 Å². The van der Waals surface area contributed by atoms with Crippen molar-refractivity contribution >= 4 is 0 Å². The highest BCUT2D eigenvalue weighted by atomic mass is 14.9. The molecule has 0 saturated heterocycles. The summed E-state index contributed by atoms with van der Waals surface area (Å²) in [6.07, 6.45) is 8.97. The fraction of sp³-hybridized carbons (Fsp3) is 0.556. The molecule has 1 aromatic carbocycles. The average Bonchev–Trinajstić information content (AvgIpc) is 2.39. The van der Waals surface area contributed by atoms with E-state index in [0.29, 0.717) is 6.04 Å². The van der Waals surface area contributed by atoms with Crippen LogP contribution in [0.15, 0.2) is 29.8 Å². The largest absolute Gasteiger partial charge is 0.310 e. The van der Waals surface area contributed by atoms with E-state index in [1.54, 1.807) is 5.57 Å². The molecule has 1 aliphatic carbocycles. The Balaban J connectivity index is 2.16. The van der Waals surface area contributed by atoms with Gasteiger partial charge in [-0.15, -0.1) is 0 Å². The Morgan fingerprint density at radius 2 is 2.05 bits per heavy atom. The Bertz CT molecular complexity index is 445. The quantitative estimate of drug-likeness (QED) is 0.744. The van der Waals surface area contributed by atoms with Gasteiger partial charge < -0.3 is 5.32 Å². The van der Waals surface area contributed by atoms with Crippen LogP contribution in [0.3, 0.4) is 0 Å². The minimum absolute atomic E-state index is 0.481. The third-order valence-corrected chi connectivity index (χ3v) is 4.10. The number of benzene rings is 1. The smallest absolute Gasteiger partial charge is 0.0360 e. The molecule has 0 saturated carbocycles. The zero-order valence-electron chi connectivity index (χ0n) is 12.6. The second-order valence-corrected chi connectivity index (χ2v) is 5.78. The van der Waals surface area contributed by atoms with Crippen LogP contribution in [0.2, 0.25) is 0 Å². The molecule has 0 aliphatic heterocycles. The first kappa shape index (κ1) is 14.3. The molecule has 0 heterocycles. The van der Waals surface area contributed by atoms with E-state index in [0.717, 1.165) is 6.54 Å². The van der Waals surface area contributed by atoms with E-state index in [9.17, 15) is 0 Å². The van der Waals surface area contributed by atoms with E-state index < -0.39 is 0 Å². The molecule has 0 spiro atoms. The monoisotopic (exact) mass is 257 g/mol. The van der Waals surface area contributed by atoms with Gasteiger partial charge in [-0.3, -0.25) is 0 Å². The number of nitrogens with one attached hydrogen (secondary N) is 1. The molecule has 1 aromatic rings. The standard InChI is InChI=1S/C18H27N/c1-4-19-18(13-16-8-6-5-7-9-16)17-11-10-14(2)12-15(17)3/h8,10-12,18-19H,4-7,9,13H2,1-3H3. The van der Waals surface area contributed by atoms with Gasteiger partial charge in [0, 0.05) is 6.04 Å². The van der Waals surface area contributed by atoms with Crippen molar-refractivity contribution in [2.24, 2.45) is 0 Å². The highest BCUT2D eigenvalue weighted by Gasteiger charge is 2.15. The highest BCUT2D eigenvalue weighted by molar-refractivity contribution is 5.33. The maximum Gasteiger partial charge on any atom is 0.0360 e. The molecule has 1 N–H and O–H groups in total. The third kappa shape index (κ3) is 3.94. The van der Waals surface area contributed by atoms with Gasteiger partial charge in [-0.1, -0.05) is 42.3 Å². The van der Waals surface area contributed by atoms with Crippen LogP contribution in [-0.2, 0) is 0 Å². The first-order chi connectivity index (χ1) is 9.20. The summed E-state index contributed by atoms with van der Waals surface area (Å²) >= 11 is 0. The summed E-state index contributed by atoms with van der Waals surface area (Å²) in [5, 5.41) is 3.67. The summed E-state index contributed by atoms with van der Waals surface area (Å²) in [5.74, 6) is 0. The van der Waals surface area contributed by atoms with Crippen molar-refractivity contribution in [1.29, 1.82) is 0 Å².